The van der Waals surface area contributed by atoms with Crippen LogP contribution in [0.3, 0.4) is 0 Å². The lowest BCUT2D eigenvalue weighted by atomic mass is 10.0. The summed E-state index contributed by atoms with van der Waals surface area (Å²) >= 11 is 0. The zero-order valence-electron chi connectivity index (χ0n) is 22.4. The van der Waals surface area contributed by atoms with Gasteiger partial charge in [0.2, 0.25) is 0 Å². The highest BCUT2D eigenvalue weighted by atomic mass is 16.5. The summed E-state index contributed by atoms with van der Waals surface area (Å²) in [6, 6.07) is 31.1. The molecule has 39 heavy (non-hydrogen) atoms. The molecule has 0 unspecified atom stereocenters. The number of amides is 2. The van der Waals surface area contributed by atoms with Gasteiger partial charge in [0.1, 0.15) is 5.75 Å². The third-order valence-corrected chi connectivity index (χ3v) is 7.28. The summed E-state index contributed by atoms with van der Waals surface area (Å²) in [5, 5.41) is 0. The van der Waals surface area contributed by atoms with Crippen LogP contribution in [0.1, 0.15) is 27.8 Å². The van der Waals surface area contributed by atoms with E-state index in [1.165, 1.54) is 0 Å². The summed E-state index contributed by atoms with van der Waals surface area (Å²) in [7, 11) is 1.61. The minimum atomic E-state index is -0.232. The van der Waals surface area contributed by atoms with Crippen LogP contribution in [0.25, 0.3) is 11.4 Å². The van der Waals surface area contributed by atoms with Crippen molar-refractivity contribution in [3.8, 4) is 5.75 Å². The maximum atomic E-state index is 14.4. The Balaban J connectivity index is 1.65. The summed E-state index contributed by atoms with van der Waals surface area (Å²) in [4.78, 5) is 32.2. The number of rotatable bonds is 5. The van der Waals surface area contributed by atoms with Gasteiger partial charge in [0, 0.05) is 11.4 Å². The number of hydrogen-bond donors (Lipinski definition) is 0. The fraction of sp³-hybridized carbons (Fsp3) is 0.118. The molecule has 4 aromatic carbocycles. The van der Waals surface area contributed by atoms with Crippen molar-refractivity contribution in [2.75, 3.05) is 16.9 Å². The molecule has 0 saturated heterocycles. The number of benzene rings is 4. The standard InChI is InChI=1S/C34H28N2O3/c1-21-5-11-24(12-6-21)31-29-30(33(37)35(31)26-15-9-23(3)10-16-26)32(25-13-7-22(2)8-14-25)36(34(29)38)27-17-19-28(39-4)20-18-27/h5-20H,1-4H3. The summed E-state index contributed by atoms with van der Waals surface area (Å²) in [6.07, 6.45) is 0. The Labute approximate surface area is 228 Å². The van der Waals surface area contributed by atoms with E-state index in [0.29, 0.717) is 34.0 Å². The zero-order chi connectivity index (χ0) is 27.3. The molecule has 0 atom stereocenters. The molecule has 5 heteroatoms. The summed E-state index contributed by atoms with van der Waals surface area (Å²) < 4.78 is 5.35. The molecule has 2 aliphatic rings. The van der Waals surface area contributed by atoms with Crippen LogP contribution in [-0.4, -0.2) is 18.9 Å². The second-order valence-electron chi connectivity index (χ2n) is 9.99. The van der Waals surface area contributed by atoms with E-state index in [0.717, 1.165) is 33.5 Å². The number of aryl methyl sites for hydroxylation is 3. The SMILES string of the molecule is COc1ccc(N2C(=O)C3=C(c4ccc(C)cc4)N(c4ccc(C)cc4)C(=O)C3=C2c2ccc(C)cc2)cc1. The van der Waals surface area contributed by atoms with Crippen molar-refractivity contribution in [3.05, 3.63) is 136 Å². The molecule has 0 N–H and O–H groups in total. The average molecular weight is 513 g/mol. The molecule has 0 radical (unpaired) electrons. The van der Waals surface area contributed by atoms with Crippen LogP contribution in [0.2, 0.25) is 0 Å². The fourth-order valence-electron chi connectivity index (χ4n) is 5.19. The van der Waals surface area contributed by atoms with E-state index in [-0.39, 0.29) is 11.8 Å². The van der Waals surface area contributed by atoms with Crippen LogP contribution in [0, 0.1) is 20.8 Å². The molecule has 2 amide bonds. The van der Waals surface area contributed by atoms with Crippen LogP contribution >= 0.6 is 0 Å². The first-order valence-corrected chi connectivity index (χ1v) is 12.9. The molecular weight excluding hydrogens is 484 g/mol. The van der Waals surface area contributed by atoms with Crippen LogP contribution in [0.5, 0.6) is 5.75 Å². The molecule has 192 valence electrons. The number of hydrogen-bond acceptors (Lipinski definition) is 3. The number of anilines is 2. The summed E-state index contributed by atoms with van der Waals surface area (Å²) in [5.41, 5.74) is 8.32. The second-order valence-corrected chi connectivity index (χ2v) is 9.99. The Bertz CT molecular complexity index is 1660. The number of carbonyl (C=O) groups excluding carboxylic acids is 2. The zero-order valence-corrected chi connectivity index (χ0v) is 22.4. The first kappa shape index (κ1) is 24.4. The highest BCUT2D eigenvalue weighted by Crippen LogP contribution is 2.49. The molecule has 0 saturated carbocycles. The molecule has 0 spiro atoms. The van der Waals surface area contributed by atoms with Gasteiger partial charge in [-0.15, -0.1) is 0 Å². The van der Waals surface area contributed by atoms with Gasteiger partial charge in [-0.05, 0) is 68.3 Å². The van der Waals surface area contributed by atoms with Gasteiger partial charge in [0.15, 0.2) is 0 Å². The minimum absolute atomic E-state index is 0.218. The Morgan fingerprint density at radius 1 is 0.487 bits per heavy atom. The van der Waals surface area contributed by atoms with Gasteiger partial charge in [-0.1, -0.05) is 77.4 Å². The molecule has 2 aliphatic heterocycles. The lowest BCUT2D eigenvalue weighted by Crippen LogP contribution is -2.29. The lowest BCUT2D eigenvalue weighted by molar-refractivity contribution is -0.115. The Morgan fingerprint density at radius 2 is 0.821 bits per heavy atom. The van der Waals surface area contributed by atoms with Crippen LogP contribution < -0.4 is 14.5 Å². The van der Waals surface area contributed by atoms with Crippen molar-refractivity contribution in [2.24, 2.45) is 0 Å². The van der Waals surface area contributed by atoms with Gasteiger partial charge >= 0.3 is 0 Å². The quantitative estimate of drug-likeness (QED) is 0.294. The predicted molar refractivity (Wildman–Crippen MR) is 155 cm³/mol. The monoisotopic (exact) mass is 512 g/mol. The molecule has 5 nitrogen and oxygen atoms in total. The lowest BCUT2D eigenvalue weighted by Gasteiger charge is -2.26. The highest BCUT2D eigenvalue weighted by molar-refractivity contribution is 6.41. The molecule has 6 rings (SSSR count). The number of methoxy groups -OCH3 is 1. The number of carbonyl (C=O) groups is 2. The molecule has 0 aromatic heterocycles. The van der Waals surface area contributed by atoms with E-state index in [4.69, 9.17) is 4.74 Å². The minimum Gasteiger partial charge on any atom is -0.497 e. The summed E-state index contributed by atoms with van der Waals surface area (Å²) in [5.74, 6) is 0.241. The molecule has 0 aliphatic carbocycles. The van der Waals surface area contributed by atoms with Gasteiger partial charge in [0.25, 0.3) is 11.8 Å². The third kappa shape index (κ3) is 4.03. The Morgan fingerprint density at radius 3 is 1.18 bits per heavy atom. The largest absolute Gasteiger partial charge is 0.497 e. The van der Waals surface area contributed by atoms with Gasteiger partial charge in [-0.25, -0.2) is 0 Å². The van der Waals surface area contributed by atoms with Gasteiger partial charge in [0.05, 0.1) is 29.7 Å². The van der Waals surface area contributed by atoms with Crippen molar-refractivity contribution in [1.29, 1.82) is 0 Å². The molecule has 0 bridgehead atoms. The molecule has 0 fully saturated rings. The van der Waals surface area contributed by atoms with E-state index in [9.17, 15) is 9.59 Å². The first-order chi connectivity index (χ1) is 18.9. The van der Waals surface area contributed by atoms with Crippen LogP contribution in [0.4, 0.5) is 11.4 Å². The number of nitrogens with zero attached hydrogens (tertiary/aromatic N) is 2. The van der Waals surface area contributed by atoms with Crippen molar-refractivity contribution >= 4 is 34.6 Å². The van der Waals surface area contributed by atoms with Crippen LogP contribution in [0.15, 0.2) is 108 Å². The van der Waals surface area contributed by atoms with Gasteiger partial charge in [-0.3, -0.25) is 19.4 Å². The maximum Gasteiger partial charge on any atom is 0.265 e. The van der Waals surface area contributed by atoms with Crippen LogP contribution in [-0.2, 0) is 9.59 Å². The molecular formula is C34H28N2O3. The van der Waals surface area contributed by atoms with E-state index in [1.54, 1.807) is 16.9 Å². The first-order valence-electron chi connectivity index (χ1n) is 12.9. The number of fused-ring (bicyclic) bond motifs is 1. The maximum absolute atomic E-state index is 14.4. The Kier molecular flexibility index (Phi) is 5.92. The molecule has 2 heterocycles. The van der Waals surface area contributed by atoms with E-state index in [1.807, 2.05) is 118 Å². The van der Waals surface area contributed by atoms with Gasteiger partial charge in [-0.2, -0.15) is 0 Å². The van der Waals surface area contributed by atoms with Crippen molar-refractivity contribution in [2.45, 2.75) is 20.8 Å². The Hall–Kier alpha value is -4.90. The van der Waals surface area contributed by atoms with E-state index >= 15 is 0 Å². The molecule has 4 aromatic rings. The topological polar surface area (TPSA) is 49.9 Å². The fourth-order valence-corrected chi connectivity index (χ4v) is 5.19. The smallest absolute Gasteiger partial charge is 0.265 e. The van der Waals surface area contributed by atoms with Crippen molar-refractivity contribution < 1.29 is 14.3 Å². The van der Waals surface area contributed by atoms with Gasteiger partial charge < -0.3 is 4.74 Å². The predicted octanol–water partition coefficient (Wildman–Crippen LogP) is 6.84. The third-order valence-electron chi connectivity index (χ3n) is 7.28. The second kappa shape index (κ2) is 9.44. The van der Waals surface area contributed by atoms with E-state index < -0.39 is 0 Å². The highest BCUT2D eigenvalue weighted by Gasteiger charge is 2.49. The number of ether oxygens (including phenoxy) is 1. The average Bonchev–Trinajstić information content (AvgIpc) is 3.42. The van der Waals surface area contributed by atoms with Crippen molar-refractivity contribution in [1.82, 2.24) is 0 Å². The van der Waals surface area contributed by atoms with E-state index in [2.05, 4.69) is 0 Å². The van der Waals surface area contributed by atoms with Crippen molar-refractivity contribution in [3.63, 3.8) is 0 Å². The normalized spacial score (nSPS) is 15.0. The summed E-state index contributed by atoms with van der Waals surface area (Å²) in [6.45, 7) is 6.05.